The molecule has 3 aromatic rings. The van der Waals surface area contributed by atoms with E-state index >= 15 is 0 Å². The fourth-order valence-corrected chi connectivity index (χ4v) is 4.83. The van der Waals surface area contributed by atoms with Crippen LogP contribution in [0.25, 0.3) is 0 Å². The van der Waals surface area contributed by atoms with Gasteiger partial charge in [0.1, 0.15) is 12.4 Å². The zero-order valence-corrected chi connectivity index (χ0v) is 18.3. The summed E-state index contributed by atoms with van der Waals surface area (Å²) in [7, 11) is 0. The minimum absolute atomic E-state index is 0.391. The van der Waals surface area contributed by atoms with E-state index in [2.05, 4.69) is 97.6 Å². The van der Waals surface area contributed by atoms with Crippen LogP contribution in [0.2, 0.25) is 0 Å². The smallest absolute Gasteiger partial charge is 0.119 e. The first-order chi connectivity index (χ1) is 14.8. The van der Waals surface area contributed by atoms with E-state index in [4.69, 9.17) is 4.74 Å². The number of fused-ring (bicyclic) bond motifs is 1. The highest BCUT2D eigenvalue weighted by molar-refractivity contribution is 5.45. The number of ether oxygens (including phenoxy) is 1. The fraction of sp³-hybridized carbons (Fsp3) is 0.357. The second-order valence-electron chi connectivity index (χ2n) is 8.18. The highest BCUT2D eigenvalue weighted by Crippen LogP contribution is 2.46. The molecule has 3 aromatic carbocycles. The van der Waals surface area contributed by atoms with Crippen molar-refractivity contribution in [2.24, 2.45) is 0 Å². The van der Waals surface area contributed by atoms with Crippen LogP contribution >= 0.6 is 0 Å². The van der Waals surface area contributed by atoms with E-state index in [0.717, 1.165) is 38.4 Å². The molecule has 0 radical (unpaired) electrons. The molecule has 0 saturated heterocycles. The summed E-state index contributed by atoms with van der Waals surface area (Å²) in [5, 5.41) is 0. The van der Waals surface area contributed by atoms with Crippen LogP contribution in [-0.2, 0) is 6.42 Å². The number of rotatable bonds is 8. The SMILES string of the molecule is CCN(CC)CCOc1ccc([C@@H]2c3ccccc3CC[C@@H]2c2ccccc2)cc1. The Bertz CT molecular complexity index is 915. The van der Waals surface area contributed by atoms with Gasteiger partial charge >= 0.3 is 0 Å². The van der Waals surface area contributed by atoms with Gasteiger partial charge in [0.05, 0.1) is 0 Å². The molecule has 0 fully saturated rings. The van der Waals surface area contributed by atoms with Crippen LogP contribution in [0.1, 0.15) is 54.4 Å². The third kappa shape index (κ3) is 4.60. The largest absolute Gasteiger partial charge is 0.492 e. The van der Waals surface area contributed by atoms with Gasteiger partial charge in [-0.1, -0.05) is 80.6 Å². The molecule has 0 N–H and O–H groups in total. The Morgan fingerprint density at radius 2 is 1.50 bits per heavy atom. The quantitative estimate of drug-likeness (QED) is 0.443. The lowest BCUT2D eigenvalue weighted by atomic mass is 9.69. The van der Waals surface area contributed by atoms with Crippen LogP contribution in [0.3, 0.4) is 0 Å². The minimum Gasteiger partial charge on any atom is -0.492 e. The van der Waals surface area contributed by atoms with Crippen molar-refractivity contribution in [3.63, 3.8) is 0 Å². The van der Waals surface area contributed by atoms with Crippen molar-refractivity contribution in [1.82, 2.24) is 4.90 Å². The molecule has 4 rings (SSSR count). The van der Waals surface area contributed by atoms with Crippen molar-refractivity contribution in [1.29, 1.82) is 0 Å². The number of hydrogen-bond acceptors (Lipinski definition) is 2. The average Bonchev–Trinajstić information content (AvgIpc) is 2.82. The normalized spacial score (nSPS) is 18.2. The van der Waals surface area contributed by atoms with E-state index in [0.29, 0.717) is 11.8 Å². The van der Waals surface area contributed by atoms with Crippen molar-refractivity contribution in [2.75, 3.05) is 26.2 Å². The van der Waals surface area contributed by atoms with Gasteiger partial charge in [0, 0.05) is 12.5 Å². The molecule has 0 heterocycles. The minimum atomic E-state index is 0.391. The van der Waals surface area contributed by atoms with E-state index in [9.17, 15) is 0 Å². The Morgan fingerprint density at radius 1 is 0.800 bits per heavy atom. The van der Waals surface area contributed by atoms with E-state index in [1.54, 1.807) is 0 Å². The number of benzene rings is 3. The van der Waals surface area contributed by atoms with Gasteiger partial charge in [0.15, 0.2) is 0 Å². The van der Waals surface area contributed by atoms with Crippen LogP contribution in [0.5, 0.6) is 5.75 Å². The van der Waals surface area contributed by atoms with Crippen LogP contribution < -0.4 is 4.74 Å². The average molecular weight is 400 g/mol. The summed E-state index contributed by atoms with van der Waals surface area (Å²) in [5.41, 5.74) is 5.80. The molecule has 2 nitrogen and oxygen atoms in total. The van der Waals surface area contributed by atoms with Crippen molar-refractivity contribution in [3.05, 3.63) is 101 Å². The molecule has 1 aliphatic rings. The highest BCUT2D eigenvalue weighted by atomic mass is 16.5. The molecule has 156 valence electrons. The van der Waals surface area contributed by atoms with E-state index in [1.807, 2.05) is 0 Å². The zero-order chi connectivity index (χ0) is 20.8. The van der Waals surface area contributed by atoms with Crippen molar-refractivity contribution in [2.45, 2.75) is 38.5 Å². The monoisotopic (exact) mass is 399 g/mol. The van der Waals surface area contributed by atoms with Gasteiger partial charge in [-0.25, -0.2) is 0 Å². The van der Waals surface area contributed by atoms with Gasteiger partial charge in [0.25, 0.3) is 0 Å². The van der Waals surface area contributed by atoms with Gasteiger partial charge < -0.3 is 9.64 Å². The summed E-state index contributed by atoms with van der Waals surface area (Å²) >= 11 is 0. The fourth-order valence-electron chi connectivity index (χ4n) is 4.83. The van der Waals surface area contributed by atoms with Crippen LogP contribution in [0.15, 0.2) is 78.9 Å². The number of hydrogen-bond donors (Lipinski definition) is 0. The van der Waals surface area contributed by atoms with Crippen LogP contribution in [0, 0.1) is 0 Å². The summed E-state index contributed by atoms with van der Waals surface area (Å²) in [5.74, 6) is 1.86. The number of aryl methyl sites for hydroxylation is 1. The Kier molecular flexibility index (Phi) is 6.86. The number of nitrogens with zero attached hydrogens (tertiary/aromatic N) is 1. The standard InChI is InChI=1S/C28H33NO/c1-3-29(4-2)20-21-30-25-17-14-24(15-18-25)28-26-13-9-8-12-23(26)16-19-27(28)22-10-6-5-7-11-22/h5-15,17-18,27-28H,3-4,16,19-21H2,1-2H3/t27-,28-/m1/s1. The lowest BCUT2D eigenvalue weighted by Gasteiger charge is -2.34. The summed E-state index contributed by atoms with van der Waals surface area (Å²) in [4.78, 5) is 2.39. The molecule has 2 atom stereocenters. The molecule has 0 bridgehead atoms. The molecular weight excluding hydrogens is 366 g/mol. The summed E-state index contributed by atoms with van der Waals surface area (Å²) in [6, 6.07) is 28.8. The lowest BCUT2D eigenvalue weighted by Crippen LogP contribution is -2.27. The lowest BCUT2D eigenvalue weighted by molar-refractivity contribution is 0.223. The van der Waals surface area contributed by atoms with E-state index < -0.39 is 0 Å². The topological polar surface area (TPSA) is 12.5 Å². The molecule has 0 spiro atoms. The Hall–Kier alpha value is -2.58. The molecule has 1 aliphatic carbocycles. The first-order valence-corrected chi connectivity index (χ1v) is 11.4. The molecule has 30 heavy (non-hydrogen) atoms. The van der Waals surface area contributed by atoms with Gasteiger partial charge in [0.2, 0.25) is 0 Å². The molecule has 0 unspecified atom stereocenters. The molecule has 0 saturated carbocycles. The third-order valence-corrected chi connectivity index (χ3v) is 6.55. The maximum absolute atomic E-state index is 6.02. The molecule has 0 aromatic heterocycles. The summed E-state index contributed by atoms with van der Waals surface area (Å²) in [6.07, 6.45) is 2.34. The molecule has 0 aliphatic heterocycles. The molecule has 0 amide bonds. The van der Waals surface area contributed by atoms with Gasteiger partial charge in [-0.15, -0.1) is 0 Å². The Balaban J connectivity index is 1.56. The van der Waals surface area contributed by atoms with Gasteiger partial charge in [-0.3, -0.25) is 0 Å². The predicted molar refractivity (Wildman–Crippen MR) is 126 cm³/mol. The van der Waals surface area contributed by atoms with Crippen molar-refractivity contribution >= 4 is 0 Å². The summed E-state index contributed by atoms with van der Waals surface area (Å²) < 4.78 is 6.02. The first-order valence-electron chi connectivity index (χ1n) is 11.4. The van der Waals surface area contributed by atoms with Crippen molar-refractivity contribution < 1.29 is 4.74 Å². The maximum Gasteiger partial charge on any atom is 0.119 e. The van der Waals surface area contributed by atoms with E-state index in [-0.39, 0.29) is 0 Å². The first kappa shape index (κ1) is 20.7. The third-order valence-electron chi connectivity index (χ3n) is 6.55. The van der Waals surface area contributed by atoms with Crippen LogP contribution in [0.4, 0.5) is 0 Å². The predicted octanol–water partition coefficient (Wildman–Crippen LogP) is 6.27. The number of likely N-dealkylation sites (N-methyl/N-ethyl adjacent to an activating group) is 1. The van der Waals surface area contributed by atoms with Crippen LogP contribution in [-0.4, -0.2) is 31.1 Å². The maximum atomic E-state index is 6.02. The Morgan fingerprint density at radius 3 is 2.23 bits per heavy atom. The van der Waals surface area contributed by atoms with E-state index in [1.165, 1.54) is 28.7 Å². The molecule has 2 heteroatoms. The van der Waals surface area contributed by atoms with Gasteiger partial charge in [-0.05, 0) is 66.2 Å². The van der Waals surface area contributed by atoms with Crippen molar-refractivity contribution in [3.8, 4) is 5.75 Å². The molecular formula is C28H33NO. The Labute approximate surface area is 181 Å². The highest BCUT2D eigenvalue weighted by Gasteiger charge is 2.31. The zero-order valence-electron chi connectivity index (χ0n) is 18.3. The second kappa shape index (κ2) is 9.95. The summed E-state index contributed by atoms with van der Waals surface area (Å²) in [6.45, 7) is 8.25. The van der Waals surface area contributed by atoms with Gasteiger partial charge in [-0.2, -0.15) is 0 Å². The second-order valence-corrected chi connectivity index (χ2v) is 8.18.